The van der Waals surface area contributed by atoms with E-state index in [1.807, 2.05) is 4.90 Å². The van der Waals surface area contributed by atoms with Gasteiger partial charge in [0, 0.05) is 25.5 Å². The molecule has 1 spiro atoms. The number of hydrogen-bond donors (Lipinski definition) is 0. The van der Waals surface area contributed by atoms with Crippen molar-refractivity contribution in [2.45, 2.75) is 44.9 Å². The minimum absolute atomic E-state index is 0.0816. The monoisotopic (exact) mass is 247 g/mol. The predicted octanol–water partition coefficient (Wildman–Crippen LogP) is 2.90. The van der Waals surface area contributed by atoms with Gasteiger partial charge in [-0.2, -0.15) is 0 Å². The molecule has 2 fully saturated rings. The van der Waals surface area contributed by atoms with Crippen molar-refractivity contribution in [2.75, 3.05) is 13.1 Å². The first kappa shape index (κ1) is 11.8. The second kappa shape index (κ2) is 4.75. The Morgan fingerprint density at radius 3 is 2.39 bits per heavy atom. The van der Waals surface area contributed by atoms with E-state index in [4.69, 9.17) is 0 Å². The lowest BCUT2D eigenvalue weighted by molar-refractivity contribution is 0.0816. The van der Waals surface area contributed by atoms with E-state index >= 15 is 0 Å². The van der Waals surface area contributed by atoms with Gasteiger partial charge >= 0.3 is 6.03 Å². The molecule has 1 saturated heterocycles. The average Bonchev–Trinajstić information content (AvgIpc) is 2.94. The highest BCUT2D eigenvalue weighted by molar-refractivity contribution is 5.76. The number of imidazole rings is 1. The molecule has 1 aliphatic heterocycles. The number of piperidine rings is 1. The summed E-state index contributed by atoms with van der Waals surface area (Å²) in [6, 6.07) is 0.0816. The molecule has 0 aromatic carbocycles. The predicted molar refractivity (Wildman–Crippen MR) is 69.3 cm³/mol. The molecule has 1 aliphatic carbocycles. The fraction of sp³-hybridized carbons (Fsp3) is 0.714. The normalized spacial score (nSPS) is 23.2. The molecule has 0 unspecified atom stereocenters. The third kappa shape index (κ3) is 2.16. The number of carbonyl (C=O) groups excluding carboxylic acids is 1. The van der Waals surface area contributed by atoms with Crippen LogP contribution >= 0.6 is 0 Å². The molecule has 2 aliphatic rings. The summed E-state index contributed by atoms with van der Waals surface area (Å²) >= 11 is 0. The summed E-state index contributed by atoms with van der Waals surface area (Å²) in [5, 5.41) is 0. The van der Waals surface area contributed by atoms with Crippen molar-refractivity contribution in [3.63, 3.8) is 0 Å². The zero-order chi connectivity index (χ0) is 12.4. The summed E-state index contributed by atoms with van der Waals surface area (Å²) in [6.07, 6.45) is 14.3. The maximum atomic E-state index is 12.2. The van der Waals surface area contributed by atoms with Crippen molar-refractivity contribution in [3.8, 4) is 0 Å². The first-order valence-corrected chi connectivity index (χ1v) is 7.06. The van der Waals surface area contributed by atoms with E-state index in [9.17, 15) is 4.79 Å². The quantitative estimate of drug-likeness (QED) is 0.707. The Labute approximate surface area is 108 Å². The molecule has 0 bridgehead atoms. The zero-order valence-corrected chi connectivity index (χ0v) is 10.8. The number of likely N-dealkylation sites (tertiary alicyclic amines) is 1. The highest BCUT2D eigenvalue weighted by Crippen LogP contribution is 2.44. The molecule has 2 heterocycles. The van der Waals surface area contributed by atoms with Crippen LogP contribution < -0.4 is 0 Å². The van der Waals surface area contributed by atoms with Crippen molar-refractivity contribution >= 4 is 6.03 Å². The van der Waals surface area contributed by atoms with Gasteiger partial charge in [0.15, 0.2) is 0 Å². The summed E-state index contributed by atoms with van der Waals surface area (Å²) in [7, 11) is 0. The first-order valence-electron chi connectivity index (χ1n) is 7.06. The van der Waals surface area contributed by atoms with Gasteiger partial charge in [-0.1, -0.05) is 19.3 Å². The minimum atomic E-state index is 0.0816. The average molecular weight is 247 g/mol. The van der Waals surface area contributed by atoms with E-state index in [0.717, 1.165) is 13.1 Å². The van der Waals surface area contributed by atoms with Crippen LogP contribution in [0.3, 0.4) is 0 Å². The molecule has 3 rings (SSSR count). The second-order valence-corrected chi connectivity index (χ2v) is 5.80. The third-order valence-electron chi connectivity index (χ3n) is 4.73. The smallest absolute Gasteiger partial charge is 0.324 e. The molecule has 1 aromatic rings. The van der Waals surface area contributed by atoms with Crippen molar-refractivity contribution in [3.05, 3.63) is 18.7 Å². The standard InChI is InChI=1S/C14H21N3O/c18-13(17-11-8-15-12-17)16-9-6-14(7-10-16)4-2-1-3-5-14/h8,11-12H,1-7,9-10H2. The molecule has 4 nitrogen and oxygen atoms in total. The van der Waals surface area contributed by atoms with Crippen LogP contribution in [0.25, 0.3) is 0 Å². The van der Waals surface area contributed by atoms with Crippen molar-refractivity contribution < 1.29 is 4.79 Å². The van der Waals surface area contributed by atoms with Gasteiger partial charge in [0.2, 0.25) is 0 Å². The SMILES string of the molecule is O=C(N1CCC2(CCCCC2)CC1)n1ccnc1. The number of hydrogen-bond acceptors (Lipinski definition) is 2. The van der Waals surface area contributed by atoms with Gasteiger partial charge in [-0.25, -0.2) is 9.78 Å². The van der Waals surface area contributed by atoms with Crippen LogP contribution in [-0.4, -0.2) is 33.6 Å². The number of nitrogens with zero attached hydrogens (tertiary/aromatic N) is 3. The summed E-state index contributed by atoms with van der Waals surface area (Å²) in [5.41, 5.74) is 0.559. The number of rotatable bonds is 0. The Kier molecular flexibility index (Phi) is 3.10. The Balaban J connectivity index is 1.61. The summed E-state index contributed by atoms with van der Waals surface area (Å²) in [5.74, 6) is 0. The maximum Gasteiger partial charge on any atom is 0.329 e. The van der Waals surface area contributed by atoms with Gasteiger partial charge in [0.25, 0.3) is 0 Å². The fourth-order valence-electron chi connectivity index (χ4n) is 3.51. The lowest BCUT2D eigenvalue weighted by Crippen LogP contribution is -2.45. The van der Waals surface area contributed by atoms with Crippen LogP contribution in [0, 0.1) is 5.41 Å². The van der Waals surface area contributed by atoms with E-state index in [0.29, 0.717) is 5.41 Å². The van der Waals surface area contributed by atoms with E-state index in [1.165, 1.54) is 44.9 Å². The van der Waals surface area contributed by atoms with Crippen molar-refractivity contribution in [2.24, 2.45) is 5.41 Å². The fourth-order valence-corrected chi connectivity index (χ4v) is 3.51. The summed E-state index contributed by atoms with van der Waals surface area (Å²) in [4.78, 5) is 18.1. The largest absolute Gasteiger partial charge is 0.329 e. The Morgan fingerprint density at radius 2 is 1.78 bits per heavy atom. The van der Waals surface area contributed by atoms with Crippen LogP contribution in [0.2, 0.25) is 0 Å². The van der Waals surface area contributed by atoms with Gasteiger partial charge in [-0.3, -0.25) is 4.57 Å². The highest BCUT2D eigenvalue weighted by atomic mass is 16.2. The molecule has 98 valence electrons. The first-order chi connectivity index (χ1) is 8.79. The second-order valence-electron chi connectivity index (χ2n) is 5.80. The van der Waals surface area contributed by atoms with Crippen molar-refractivity contribution in [1.82, 2.24) is 14.5 Å². The molecule has 18 heavy (non-hydrogen) atoms. The minimum Gasteiger partial charge on any atom is -0.324 e. The topological polar surface area (TPSA) is 38.1 Å². The van der Waals surface area contributed by atoms with Gasteiger partial charge in [0.1, 0.15) is 6.33 Å². The Hall–Kier alpha value is -1.32. The molecule has 0 N–H and O–H groups in total. The Morgan fingerprint density at radius 1 is 1.06 bits per heavy atom. The maximum absolute atomic E-state index is 12.2. The molecule has 0 atom stereocenters. The van der Waals surface area contributed by atoms with Gasteiger partial charge in [-0.05, 0) is 31.1 Å². The van der Waals surface area contributed by atoms with Crippen LogP contribution in [0.15, 0.2) is 18.7 Å². The van der Waals surface area contributed by atoms with Crippen molar-refractivity contribution in [1.29, 1.82) is 0 Å². The molecule has 4 heteroatoms. The zero-order valence-electron chi connectivity index (χ0n) is 10.8. The van der Waals surface area contributed by atoms with E-state index in [-0.39, 0.29) is 6.03 Å². The number of aromatic nitrogens is 2. The lowest BCUT2D eigenvalue weighted by Gasteiger charge is -2.44. The molecular weight excluding hydrogens is 226 g/mol. The number of carbonyl (C=O) groups is 1. The third-order valence-corrected chi connectivity index (χ3v) is 4.73. The van der Waals surface area contributed by atoms with Gasteiger partial charge in [-0.15, -0.1) is 0 Å². The van der Waals surface area contributed by atoms with Crippen LogP contribution in [0.1, 0.15) is 44.9 Å². The van der Waals surface area contributed by atoms with E-state index in [2.05, 4.69) is 4.98 Å². The summed E-state index contributed by atoms with van der Waals surface area (Å²) < 4.78 is 1.58. The van der Waals surface area contributed by atoms with E-state index < -0.39 is 0 Å². The highest BCUT2D eigenvalue weighted by Gasteiger charge is 2.36. The molecule has 1 amide bonds. The molecule has 1 saturated carbocycles. The van der Waals surface area contributed by atoms with Crippen LogP contribution in [-0.2, 0) is 0 Å². The lowest BCUT2D eigenvalue weighted by atomic mass is 9.68. The van der Waals surface area contributed by atoms with Crippen LogP contribution in [0.4, 0.5) is 4.79 Å². The molecular formula is C14H21N3O. The molecule has 1 aromatic heterocycles. The summed E-state index contributed by atoms with van der Waals surface area (Å²) in [6.45, 7) is 1.83. The Bertz CT molecular complexity index is 397. The van der Waals surface area contributed by atoms with Crippen LogP contribution in [0.5, 0.6) is 0 Å². The van der Waals surface area contributed by atoms with Gasteiger partial charge < -0.3 is 4.90 Å². The van der Waals surface area contributed by atoms with Gasteiger partial charge in [0.05, 0.1) is 0 Å². The van der Waals surface area contributed by atoms with E-state index in [1.54, 1.807) is 23.3 Å². The number of amides is 1. The molecule has 0 radical (unpaired) electrons.